The number of benzene rings is 1. The molecule has 0 saturated carbocycles. The molecular formula is C16H19N3O. The van der Waals surface area contributed by atoms with Crippen molar-refractivity contribution < 1.29 is 4.52 Å². The van der Waals surface area contributed by atoms with E-state index in [4.69, 9.17) is 4.52 Å². The molecule has 0 amide bonds. The third kappa shape index (κ3) is 1.93. The van der Waals surface area contributed by atoms with Gasteiger partial charge in [0.15, 0.2) is 0 Å². The number of fused-ring (bicyclic) bond motifs is 1. The zero-order valence-electron chi connectivity index (χ0n) is 12.3. The van der Waals surface area contributed by atoms with Gasteiger partial charge in [0.1, 0.15) is 5.76 Å². The van der Waals surface area contributed by atoms with Gasteiger partial charge in [0.2, 0.25) is 0 Å². The highest BCUT2D eigenvalue weighted by Gasteiger charge is 2.19. The number of para-hydroxylation sites is 1. The molecule has 2 heterocycles. The molecule has 0 radical (unpaired) electrons. The average Bonchev–Trinajstić information content (AvgIpc) is 2.93. The first-order valence-electron chi connectivity index (χ1n) is 6.74. The first kappa shape index (κ1) is 12.9. The fraction of sp³-hybridized carbons (Fsp3) is 0.312. The van der Waals surface area contributed by atoms with Gasteiger partial charge in [-0.25, -0.2) is 0 Å². The van der Waals surface area contributed by atoms with Crippen molar-refractivity contribution in [1.82, 2.24) is 14.6 Å². The van der Waals surface area contributed by atoms with Gasteiger partial charge in [0, 0.05) is 10.9 Å². The van der Waals surface area contributed by atoms with Gasteiger partial charge in [-0.05, 0) is 39.6 Å². The van der Waals surface area contributed by atoms with Gasteiger partial charge in [0.05, 0.1) is 24.1 Å². The Morgan fingerprint density at radius 2 is 1.95 bits per heavy atom. The van der Waals surface area contributed by atoms with Crippen molar-refractivity contribution in [2.24, 2.45) is 0 Å². The lowest BCUT2D eigenvalue weighted by atomic mass is 10.1. The van der Waals surface area contributed by atoms with Crippen LogP contribution in [-0.4, -0.2) is 28.7 Å². The summed E-state index contributed by atoms with van der Waals surface area (Å²) in [5.41, 5.74) is 4.78. The van der Waals surface area contributed by atoms with Crippen LogP contribution < -0.4 is 0 Å². The first-order valence-corrected chi connectivity index (χ1v) is 6.74. The molecule has 4 nitrogen and oxygen atoms in total. The van der Waals surface area contributed by atoms with E-state index < -0.39 is 0 Å². The monoisotopic (exact) mass is 269 g/mol. The second kappa shape index (κ2) is 4.80. The number of hydrogen-bond donors (Lipinski definition) is 0. The summed E-state index contributed by atoms with van der Waals surface area (Å²) in [4.78, 5) is 2.16. The Kier molecular flexibility index (Phi) is 3.10. The van der Waals surface area contributed by atoms with Crippen LogP contribution in [0.25, 0.3) is 22.2 Å². The normalized spacial score (nSPS) is 11.7. The van der Waals surface area contributed by atoms with Crippen LogP contribution in [0, 0.1) is 13.8 Å². The Morgan fingerprint density at radius 3 is 2.60 bits per heavy atom. The molecule has 0 N–H and O–H groups in total. The van der Waals surface area contributed by atoms with E-state index >= 15 is 0 Å². The molecule has 0 bridgehead atoms. The van der Waals surface area contributed by atoms with Crippen LogP contribution in [0.3, 0.4) is 0 Å². The molecule has 0 aliphatic carbocycles. The van der Waals surface area contributed by atoms with E-state index in [9.17, 15) is 0 Å². The Morgan fingerprint density at radius 1 is 1.20 bits per heavy atom. The second-order valence-corrected chi connectivity index (χ2v) is 5.44. The Labute approximate surface area is 118 Å². The smallest absolute Gasteiger partial charge is 0.142 e. The van der Waals surface area contributed by atoms with Crippen molar-refractivity contribution in [1.29, 1.82) is 0 Å². The minimum atomic E-state index is 0.828. The molecule has 20 heavy (non-hydrogen) atoms. The fourth-order valence-electron chi connectivity index (χ4n) is 2.78. The summed E-state index contributed by atoms with van der Waals surface area (Å²) in [6, 6.07) is 8.50. The predicted octanol–water partition coefficient (Wildman–Crippen LogP) is 3.43. The van der Waals surface area contributed by atoms with E-state index in [1.165, 1.54) is 22.2 Å². The van der Waals surface area contributed by atoms with E-state index in [0.717, 1.165) is 18.0 Å². The maximum absolute atomic E-state index is 5.25. The fourth-order valence-corrected chi connectivity index (χ4v) is 2.78. The summed E-state index contributed by atoms with van der Waals surface area (Å²) < 4.78 is 7.58. The van der Waals surface area contributed by atoms with Crippen LogP contribution >= 0.6 is 0 Å². The molecule has 2 aromatic heterocycles. The number of aryl methyl sites for hydroxylation is 2. The molecule has 0 unspecified atom stereocenters. The molecule has 0 atom stereocenters. The number of hydrogen-bond acceptors (Lipinski definition) is 3. The van der Waals surface area contributed by atoms with Gasteiger partial charge in [-0.15, -0.1) is 0 Å². The molecule has 1 aromatic carbocycles. The van der Waals surface area contributed by atoms with Crippen molar-refractivity contribution in [2.75, 3.05) is 14.1 Å². The molecule has 0 spiro atoms. The highest BCUT2D eigenvalue weighted by atomic mass is 16.5. The number of nitrogens with zero attached hydrogens (tertiary/aromatic N) is 3. The molecule has 0 aliphatic heterocycles. The van der Waals surface area contributed by atoms with E-state index in [2.05, 4.69) is 59.9 Å². The highest BCUT2D eigenvalue weighted by Crippen LogP contribution is 2.34. The van der Waals surface area contributed by atoms with E-state index in [1.807, 2.05) is 13.1 Å². The first-order chi connectivity index (χ1) is 9.59. The van der Waals surface area contributed by atoms with Crippen molar-refractivity contribution >= 4 is 10.9 Å². The van der Waals surface area contributed by atoms with Gasteiger partial charge in [0.25, 0.3) is 0 Å². The Hall–Kier alpha value is -2.07. The van der Waals surface area contributed by atoms with Crippen LogP contribution in [0.15, 0.2) is 35.0 Å². The van der Waals surface area contributed by atoms with Gasteiger partial charge in [-0.3, -0.25) is 4.90 Å². The minimum absolute atomic E-state index is 0.828. The average molecular weight is 269 g/mol. The van der Waals surface area contributed by atoms with Crippen LogP contribution in [0.2, 0.25) is 0 Å². The summed E-state index contributed by atoms with van der Waals surface area (Å²) in [5.74, 6) is 0.857. The third-order valence-electron chi connectivity index (χ3n) is 3.65. The largest absolute Gasteiger partial charge is 0.361 e. The quantitative estimate of drug-likeness (QED) is 0.730. The Bertz CT molecular complexity index is 752. The lowest BCUT2D eigenvalue weighted by Crippen LogP contribution is -2.17. The van der Waals surface area contributed by atoms with Gasteiger partial charge < -0.3 is 9.09 Å². The minimum Gasteiger partial charge on any atom is -0.361 e. The lowest BCUT2D eigenvalue weighted by Gasteiger charge is -2.16. The highest BCUT2D eigenvalue weighted by molar-refractivity contribution is 5.91. The molecule has 3 aromatic rings. The molecule has 3 rings (SSSR count). The summed E-state index contributed by atoms with van der Waals surface area (Å²) in [7, 11) is 4.16. The predicted molar refractivity (Wildman–Crippen MR) is 80.6 cm³/mol. The number of rotatable bonds is 3. The van der Waals surface area contributed by atoms with Crippen molar-refractivity contribution in [3.8, 4) is 11.3 Å². The number of aromatic nitrogens is 2. The standard InChI is InChI=1S/C16H19N3O/c1-11-13-7-5-6-8-15(13)19(10-18(3)4)16(11)14-9-17-20-12(14)2/h5-9H,10H2,1-4H3. The Balaban J connectivity index is 2.34. The third-order valence-corrected chi connectivity index (χ3v) is 3.65. The van der Waals surface area contributed by atoms with Crippen molar-refractivity contribution in [3.05, 3.63) is 41.8 Å². The van der Waals surface area contributed by atoms with Crippen LogP contribution in [-0.2, 0) is 6.67 Å². The molecule has 0 fully saturated rings. The lowest BCUT2D eigenvalue weighted by molar-refractivity contribution is 0.334. The maximum Gasteiger partial charge on any atom is 0.142 e. The van der Waals surface area contributed by atoms with Crippen LogP contribution in [0.1, 0.15) is 11.3 Å². The van der Waals surface area contributed by atoms with Gasteiger partial charge in [-0.1, -0.05) is 23.4 Å². The summed E-state index contributed by atoms with van der Waals surface area (Å²) in [5, 5.41) is 5.21. The van der Waals surface area contributed by atoms with Gasteiger partial charge >= 0.3 is 0 Å². The zero-order chi connectivity index (χ0) is 14.3. The molecule has 0 saturated heterocycles. The SMILES string of the molecule is Cc1oncc1-c1c(C)c2ccccc2n1CN(C)C. The maximum atomic E-state index is 5.25. The summed E-state index contributed by atoms with van der Waals surface area (Å²) in [6.07, 6.45) is 1.81. The summed E-state index contributed by atoms with van der Waals surface area (Å²) >= 11 is 0. The van der Waals surface area contributed by atoms with Crippen molar-refractivity contribution in [3.63, 3.8) is 0 Å². The van der Waals surface area contributed by atoms with E-state index in [1.54, 1.807) is 0 Å². The molecule has 104 valence electrons. The second-order valence-electron chi connectivity index (χ2n) is 5.44. The van der Waals surface area contributed by atoms with E-state index in [-0.39, 0.29) is 0 Å². The van der Waals surface area contributed by atoms with Crippen molar-refractivity contribution in [2.45, 2.75) is 20.5 Å². The van der Waals surface area contributed by atoms with Crippen LogP contribution in [0.5, 0.6) is 0 Å². The topological polar surface area (TPSA) is 34.2 Å². The molecular weight excluding hydrogens is 250 g/mol. The van der Waals surface area contributed by atoms with Crippen LogP contribution in [0.4, 0.5) is 0 Å². The molecule has 4 heteroatoms. The zero-order valence-corrected chi connectivity index (χ0v) is 12.3. The van der Waals surface area contributed by atoms with E-state index in [0.29, 0.717) is 0 Å². The summed E-state index contributed by atoms with van der Waals surface area (Å²) in [6.45, 7) is 4.95. The van der Waals surface area contributed by atoms with Gasteiger partial charge in [-0.2, -0.15) is 0 Å². The molecule has 0 aliphatic rings.